The highest BCUT2D eigenvalue weighted by molar-refractivity contribution is 7.89. The van der Waals surface area contributed by atoms with Crippen LogP contribution in [0, 0.1) is 0 Å². The van der Waals surface area contributed by atoms with Gasteiger partial charge < -0.3 is 11.1 Å². The topological polar surface area (TPSA) is 92.5 Å². The van der Waals surface area contributed by atoms with E-state index in [9.17, 15) is 13.2 Å². The Kier molecular flexibility index (Phi) is 8.50. The molecular weight excluding hydrogens is 314 g/mol. The SMILES string of the molecule is CCN(CC)S(=O)(=O)c1ccc(C(=O)NCCN)cc1.Cl. The van der Waals surface area contributed by atoms with Crippen LogP contribution in [0.25, 0.3) is 0 Å². The predicted molar refractivity (Wildman–Crippen MR) is 85.2 cm³/mol. The molecule has 0 spiro atoms. The van der Waals surface area contributed by atoms with Crippen LogP contribution in [0.4, 0.5) is 0 Å². The molecule has 0 heterocycles. The lowest BCUT2D eigenvalue weighted by atomic mass is 10.2. The van der Waals surface area contributed by atoms with E-state index in [1.807, 2.05) is 0 Å². The zero-order valence-electron chi connectivity index (χ0n) is 12.2. The third kappa shape index (κ3) is 4.96. The number of rotatable bonds is 7. The van der Waals surface area contributed by atoms with E-state index in [0.29, 0.717) is 31.7 Å². The van der Waals surface area contributed by atoms with Crippen LogP contribution in [0.2, 0.25) is 0 Å². The summed E-state index contributed by atoms with van der Waals surface area (Å²) in [5.74, 6) is -0.262. The van der Waals surface area contributed by atoms with Gasteiger partial charge in [-0.2, -0.15) is 4.31 Å². The van der Waals surface area contributed by atoms with E-state index in [0.717, 1.165) is 0 Å². The first-order valence-corrected chi connectivity index (χ1v) is 7.99. The molecule has 1 rings (SSSR count). The van der Waals surface area contributed by atoms with Crippen molar-refractivity contribution in [3.05, 3.63) is 29.8 Å². The minimum absolute atomic E-state index is 0. The van der Waals surface area contributed by atoms with Gasteiger partial charge in [0, 0.05) is 31.7 Å². The smallest absolute Gasteiger partial charge is 0.251 e. The summed E-state index contributed by atoms with van der Waals surface area (Å²) in [5, 5.41) is 2.63. The maximum Gasteiger partial charge on any atom is 0.251 e. The summed E-state index contributed by atoms with van der Waals surface area (Å²) in [6.45, 7) is 5.15. The molecule has 21 heavy (non-hydrogen) atoms. The molecule has 3 N–H and O–H groups in total. The number of carbonyl (C=O) groups excluding carboxylic acids is 1. The largest absolute Gasteiger partial charge is 0.351 e. The fraction of sp³-hybridized carbons (Fsp3) is 0.462. The summed E-state index contributed by atoms with van der Waals surface area (Å²) in [7, 11) is -3.48. The van der Waals surface area contributed by atoms with Crippen molar-refractivity contribution in [2.75, 3.05) is 26.2 Å². The van der Waals surface area contributed by atoms with Crippen LogP contribution in [0.3, 0.4) is 0 Å². The molecular formula is C13H22ClN3O3S. The summed E-state index contributed by atoms with van der Waals surface area (Å²) in [5.41, 5.74) is 5.71. The Bertz CT molecular complexity index is 542. The van der Waals surface area contributed by atoms with Crippen molar-refractivity contribution in [3.8, 4) is 0 Å². The number of hydrogen-bond acceptors (Lipinski definition) is 4. The molecule has 0 bridgehead atoms. The molecule has 0 aliphatic carbocycles. The third-order valence-electron chi connectivity index (χ3n) is 2.89. The number of nitrogens with one attached hydrogen (secondary N) is 1. The van der Waals surface area contributed by atoms with E-state index in [1.54, 1.807) is 13.8 Å². The maximum absolute atomic E-state index is 12.3. The Hall–Kier alpha value is -1.15. The van der Waals surface area contributed by atoms with Gasteiger partial charge in [0.2, 0.25) is 10.0 Å². The van der Waals surface area contributed by atoms with E-state index in [-0.39, 0.29) is 23.2 Å². The van der Waals surface area contributed by atoms with Crippen molar-refractivity contribution in [2.45, 2.75) is 18.7 Å². The summed E-state index contributed by atoms with van der Waals surface area (Å²) in [6, 6.07) is 5.90. The van der Waals surface area contributed by atoms with Gasteiger partial charge >= 0.3 is 0 Å². The normalized spacial score (nSPS) is 11.0. The van der Waals surface area contributed by atoms with E-state index in [1.165, 1.54) is 28.6 Å². The van der Waals surface area contributed by atoms with Gasteiger partial charge in [0.05, 0.1) is 4.90 Å². The van der Waals surface area contributed by atoms with Crippen LogP contribution in [0.15, 0.2) is 29.2 Å². The standard InChI is InChI=1S/C13H21N3O3S.ClH/c1-3-16(4-2)20(18,19)12-7-5-11(6-8-12)13(17)15-10-9-14;/h5-8H,3-4,9-10,14H2,1-2H3,(H,15,17);1H. The van der Waals surface area contributed by atoms with Gasteiger partial charge in [-0.3, -0.25) is 4.79 Å². The highest BCUT2D eigenvalue weighted by atomic mass is 35.5. The average molecular weight is 336 g/mol. The highest BCUT2D eigenvalue weighted by Gasteiger charge is 2.21. The molecule has 120 valence electrons. The van der Waals surface area contributed by atoms with Crippen molar-refractivity contribution >= 4 is 28.3 Å². The fourth-order valence-corrected chi connectivity index (χ4v) is 3.24. The Balaban J connectivity index is 0.00000400. The first-order valence-electron chi connectivity index (χ1n) is 6.55. The molecule has 0 aliphatic rings. The van der Waals surface area contributed by atoms with Crippen LogP contribution in [-0.2, 0) is 10.0 Å². The van der Waals surface area contributed by atoms with E-state index in [4.69, 9.17) is 5.73 Å². The molecule has 1 aromatic carbocycles. The number of nitrogens with two attached hydrogens (primary N) is 1. The number of sulfonamides is 1. The van der Waals surface area contributed by atoms with Gasteiger partial charge in [0.1, 0.15) is 0 Å². The molecule has 0 unspecified atom stereocenters. The summed E-state index contributed by atoms with van der Waals surface area (Å²) in [6.07, 6.45) is 0. The van der Waals surface area contributed by atoms with Gasteiger partial charge in [-0.05, 0) is 24.3 Å². The molecule has 1 aromatic rings. The lowest BCUT2D eigenvalue weighted by molar-refractivity contribution is 0.0954. The number of amides is 1. The molecule has 1 amide bonds. The van der Waals surface area contributed by atoms with Gasteiger partial charge in [0.25, 0.3) is 5.91 Å². The van der Waals surface area contributed by atoms with E-state index < -0.39 is 10.0 Å². The van der Waals surface area contributed by atoms with Crippen LogP contribution < -0.4 is 11.1 Å². The molecule has 0 fully saturated rings. The van der Waals surface area contributed by atoms with Crippen LogP contribution in [0.1, 0.15) is 24.2 Å². The monoisotopic (exact) mass is 335 g/mol. The summed E-state index contributed by atoms with van der Waals surface area (Å²) >= 11 is 0. The lowest BCUT2D eigenvalue weighted by Crippen LogP contribution is -2.31. The Labute approximate surface area is 132 Å². The number of nitrogens with zero attached hydrogens (tertiary/aromatic N) is 1. The zero-order valence-corrected chi connectivity index (χ0v) is 13.8. The molecule has 0 saturated heterocycles. The van der Waals surface area contributed by atoms with E-state index >= 15 is 0 Å². The van der Waals surface area contributed by atoms with Crippen molar-refractivity contribution in [2.24, 2.45) is 5.73 Å². The second kappa shape index (κ2) is 8.99. The Morgan fingerprint density at radius 3 is 2.14 bits per heavy atom. The molecule has 0 saturated carbocycles. The number of halogens is 1. The molecule has 6 nitrogen and oxygen atoms in total. The second-order valence-electron chi connectivity index (χ2n) is 4.16. The van der Waals surface area contributed by atoms with Crippen LogP contribution in [-0.4, -0.2) is 44.8 Å². The number of carbonyl (C=O) groups is 1. The van der Waals surface area contributed by atoms with Gasteiger partial charge in [0.15, 0.2) is 0 Å². The minimum Gasteiger partial charge on any atom is -0.351 e. The second-order valence-corrected chi connectivity index (χ2v) is 6.10. The summed E-state index contributed by atoms with van der Waals surface area (Å²) in [4.78, 5) is 11.9. The van der Waals surface area contributed by atoms with Gasteiger partial charge in [-0.25, -0.2) is 8.42 Å². The molecule has 0 aromatic heterocycles. The summed E-state index contributed by atoms with van der Waals surface area (Å²) < 4.78 is 25.9. The highest BCUT2D eigenvalue weighted by Crippen LogP contribution is 2.16. The van der Waals surface area contributed by atoms with Gasteiger partial charge in [-0.15, -0.1) is 12.4 Å². The minimum atomic E-state index is -3.48. The van der Waals surface area contributed by atoms with Gasteiger partial charge in [-0.1, -0.05) is 13.8 Å². The number of benzene rings is 1. The molecule has 0 aliphatic heterocycles. The predicted octanol–water partition coefficient (Wildman–Crippen LogP) is 0.827. The maximum atomic E-state index is 12.3. The number of hydrogen-bond donors (Lipinski definition) is 2. The third-order valence-corrected chi connectivity index (χ3v) is 4.95. The van der Waals surface area contributed by atoms with Crippen LogP contribution in [0.5, 0.6) is 0 Å². The lowest BCUT2D eigenvalue weighted by Gasteiger charge is -2.18. The molecule has 0 atom stereocenters. The quantitative estimate of drug-likeness (QED) is 0.771. The van der Waals surface area contributed by atoms with Crippen molar-refractivity contribution in [1.29, 1.82) is 0 Å². The Morgan fingerprint density at radius 2 is 1.71 bits per heavy atom. The van der Waals surface area contributed by atoms with Crippen molar-refractivity contribution in [3.63, 3.8) is 0 Å². The molecule has 0 radical (unpaired) electrons. The van der Waals surface area contributed by atoms with Crippen LogP contribution >= 0.6 is 12.4 Å². The first-order chi connectivity index (χ1) is 9.47. The average Bonchev–Trinajstić information content (AvgIpc) is 2.46. The first kappa shape index (κ1) is 19.9. The van der Waals surface area contributed by atoms with Crippen molar-refractivity contribution in [1.82, 2.24) is 9.62 Å². The fourth-order valence-electron chi connectivity index (χ4n) is 1.78. The molecule has 8 heteroatoms. The van der Waals surface area contributed by atoms with E-state index in [2.05, 4.69) is 5.32 Å². The Morgan fingerprint density at radius 1 is 1.19 bits per heavy atom. The van der Waals surface area contributed by atoms with Crippen molar-refractivity contribution < 1.29 is 13.2 Å². The zero-order chi connectivity index (χ0) is 15.2.